The lowest BCUT2D eigenvalue weighted by atomic mass is 9.78. The molecule has 2 aliphatic heterocycles. The van der Waals surface area contributed by atoms with Crippen LogP contribution < -0.4 is 10.1 Å². The molecule has 2 heterocycles. The first-order valence-corrected chi connectivity index (χ1v) is 8.31. The van der Waals surface area contributed by atoms with Gasteiger partial charge in [-0.3, -0.25) is 4.79 Å². The maximum Gasteiger partial charge on any atom is 0.263 e. The van der Waals surface area contributed by atoms with Crippen LogP contribution in [-0.4, -0.2) is 43.1 Å². The Morgan fingerprint density at radius 3 is 2.73 bits per heavy atom. The van der Waals surface area contributed by atoms with Crippen LogP contribution in [0, 0.1) is 12.3 Å². The molecule has 0 aromatic heterocycles. The highest BCUT2D eigenvalue weighted by Gasteiger charge is 2.38. The van der Waals surface area contributed by atoms with Crippen LogP contribution in [0.4, 0.5) is 0 Å². The number of hydrogen-bond acceptors (Lipinski definition) is 3. The number of nitrogens with one attached hydrogen (secondary N) is 1. The van der Waals surface area contributed by atoms with Gasteiger partial charge in [0.1, 0.15) is 5.75 Å². The van der Waals surface area contributed by atoms with E-state index in [-0.39, 0.29) is 5.91 Å². The Balaban J connectivity index is 1.55. The van der Waals surface area contributed by atoms with Crippen molar-refractivity contribution in [3.05, 3.63) is 29.8 Å². The van der Waals surface area contributed by atoms with Crippen molar-refractivity contribution < 1.29 is 9.53 Å². The lowest BCUT2D eigenvalue weighted by Crippen LogP contribution is -2.48. The van der Waals surface area contributed by atoms with Gasteiger partial charge in [0.05, 0.1) is 0 Å². The van der Waals surface area contributed by atoms with E-state index in [1.807, 2.05) is 43.0 Å². The first kappa shape index (κ1) is 15.3. The SMILES string of the molecule is Cc1cccc(OC(C)C(=O)N2CCC3(CCNC3)CC2)c1. The molecule has 1 aromatic rings. The second kappa shape index (κ2) is 6.29. The highest BCUT2D eigenvalue weighted by Crippen LogP contribution is 2.37. The van der Waals surface area contributed by atoms with Crippen molar-refractivity contribution in [3.63, 3.8) is 0 Å². The highest BCUT2D eigenvalue weighted by molar-refractivity contribution is 5.81. The van der Waals surface area contributed by atoms with Crippen molar-refractivity contribution in [2.45, 2.75) is 39.2 Å². The molecule has 4 heteroatoms. The number of hydrogen-bond donors (Lipinski definition) is 1. The van der Waals surface area contributed by atoms with Crippen LogP contribution in [0.3, 0.4) is 0 Å². The predicted octanol–water partition coefficient (Wildman–Crippen LogP) is 2.36. The summed E-state index contributed by atoms with van der Waals surface area (Å²) in [5.41, 5.74) is 1.59. The molecular formula is C18H26N2O2. The summed E-state index contributed by atoms with van der Waals surface area (Å²) in [6.07, 6.45) is 3.06. The molecule has 2 aliphatic rings. The molecule has 3 rings (SSSR count). The quantitative estimate of drug-likeness (QED) is 0.932. The Kier molecular flexibility index (Phi) is 4.39. The Morgan fingerprint density at radius 1 is 1.32 bits per heavy atom. The van der Waals surface area contributed by atoms with Crippen molar-refractivity contribution in [3.8, 4) is 5.75 Å². The minimum Gasteiger partial charge on any atom is -0.481 e. The first-order chi connectivity index (χ1) is 10.6. The number of aryl methyl sites for hydroxylation is 1. The van der Waals surface area contributed by atoms with Gasteiger partial charge in [-0.05, 0) is 62.8 Å². The zero-order valence-electron chi connectivity index (χ0n) is 13.6. The van der Waals surface area contributed by atoms with E-state index in [0.717, 1.165) is 50.3 Å². The Hall–Kier alpha value is -1.55. The molecule has 2 fully saturated rings. The van der Waals surface area contributed by atoms with Gasteiger partial charge in [-0.1, -0.05) is 12.1 Å². The topological polar surface area (TPSA) is 41.6 Å². The molecule has 1 atom stereocenters. The average Bonchev–Trinajstić information content (AvgIpc) is 2.95. The van der Waals surface area contributed by atoms with Crippen LogP contribution in [0.5, 0.6) is 5.75 Å². The van der Waals surface area contributed by atoms with Crippen LogP contribution in [-0.2, 0) is 4.79 Å². The second-order valence-corrected chi connectivity index (χ2v) is 6.83. The van der Waals surface area contributed by atoms with E-state index in [1.54, 1.807) is 0 Å². The molecule has 2 saturated heterocycles. The summed E-state index contributed by atoms with van der Waals surface area (Å²) in [6.45, 7) is 7.85. The molecule has 1 spiro atoms. The first-order valence-electron chi connectivity index (χ1n) is 8.31. The van der Waals surface area contributed by atoms with E-state index < -0.39 is 6.10 Å². The Labute approximate surface area is 132 Å². The zero-order valence-corrected chi connectivity index (χ0v) is 13.6. The van der Waals surface area contributed by atoms with Crippen molar-refractivity contribution in [2.24, 2.45) is 5.41 Å². The molecule has 22 heavy (non-hydrogen) atoms. The lowest BCUT2D eigenvalue weighted by Gasteiger charge is -2.39. The van der Waals surface area contributed by atoms with Gasteiger partial charge < -0.3 is 15.0 Å². The fraction of sp³-hybridized carbons (Fsp3) is 0.611. The molecule has 1 unspecified atom stereocenters. The zero-order chi connectivity index (χ0) is 15.6. The molecule has 1 aromatic carbocycles. The third kappa shape index (κ3) is 3.27. The van der Waals surface area contributed by atoms with Crippen LogP contribution >= 0.6 is 0 Å². The molecule has 0 radical (unpaired) electrons. The number of carbonyl (C=O) groups excluding carboxylic acids is 1. The number of amides is 1. The smallest absolute Gasteiger partial charge is 0.263 e. The fourth-order valence-corrected chi connectivity index (χ4v) is 3.62. The van der Waals surface area contributed by atoms with Gasteiger partial charge in [0, 0.05) is 19.6 Å². The summed E-state index contributed by atoms with van der Waals surface area (Å²) >= 11 is 0. The summed E-state index contributed by atoms with van der Waals surface area (Å²) in [5, 5.41) is 3.46. The van der Waals surface area contributed by atoms with E-state index in [0.29, 0.717) is 5.41 Å². The summed E-state index contributed by atoms with van der Waals surface area (Å²) in [5.74, 6) is 0.886. The van der Waals surface area contributed by atoms with Gasteiger partial charge in [0.25, 0.3) is 5.91 Å². The van der Waals surface area contributed by atoms with Crippen molar-refractivity contribution in [2.75, 3.05) is 26.2 Å². The van der Waals surface area contributed by atoms with Crippen molar-refractivity contribution in [1.82, 2.24) is 10.2 Å². The number of piperidine rings is 1. The highest BCUT2D eigenvalue weighted by atomic mass is 16.5. The lowest BCUT2D eigenvalue weighted by molar-refractivity contribution is -0.140. The molecule has 4 nitrogen and oxygen atoms in total. The molecule has 1 N–H and O–H groups in total. The maximum atomic E-state index is 12.6. The summed E-state index contributed by atoms with van der Waals surface area (Å²) in [4.78, 5) is 14.6. The van der Waals surface area contributed by atoms with E-state index in [2.05, 4.69) is 5.32 Å². The van der Waals surface area contributed by atoms with E-state index >= 15 is 0 Å². The van der Waals surface area contributed by atoms with Gasteiger partial charge >= 0.3 is 0 Å². The molecule has 1 amide bonds. The summed E-state index contributed by atoms with van der Waals surface area (Å²) in [7, 11) is 0. The third-order valence-corrected chi connectivity index (χ3v) is 5.12. The summed E-state index contributed by atoms with van der Waals surface area (Å²) < 4.78 is 5.82. The fourth-order valence-electron chi connectivity index (χ4n) is 3.62. The number of ether oxygens (including phenoxy) is 1. The predicted molar refractivity (Wildman–Crippen MR) is 87.0 cm³/mol. The largest absolute Gasteiger partial charge is 0.481 e. The van der Waals surface area contributed by atoms with E-state index in [9.17, 15) is 4.79 Å². The average molecular weight is 302 g/mol. The molecular weight excluding hydrogens is 276 g/mol. The number of nitrogens with zero attached hydrogens (tertiary/aromatic N) is 1. The minimum absolute atomic E-state index is 0.113. The number of rotatable bonds is 3. The van der Waals surface area contributed by atoms with Crippen LogP contribution in [0.1, 0.15) is 31.7 Å². The third-order valence-electron chi connectivity index (χ3n) is 5.12. The van der Waals surface area contributed by atoms with E-state index in [1.165, 1.54) is 6.42 Å². The number of benzene rings is 1. The normalized spacial score (nSPS) is 21.8. The van der Waals surface area contributed by atoms with E-state index in [4.69, 9.17) is 4.74 Å². The number of carbonyl (C=O) groups is 1. The standard InChI is InChI=1S/C18H26N2O2/c1-14-4-3-5-16(12-14)22-15(2)17(21)20-10-7-18(8-11-20)6-9-19-13-18/h3-5,12,15,19H,6-11,13H2,1-2H3. The van der Waals surface area contributed by atoms with Crippen molar-refractivity contribution in [1.29, 1.82) is 0 Å². The van der Waals surface area contributed by atoms with Gasteiger partial charge in [0.15, 0.2) is 6.10 Å². The van der Waals surface area contributed by atoms with Gasteiger partial charge in [-0.15, -0.1) is 0 Å². The minimum atomic E-state index is -0.419. The van der Waals surface area contributed by atoms with Crippen LogP contribution in [0.15, 0.2) is 24.3 Å². The van der Waals surface area contributed by atoms with Gasteiger partial charge in [-0.2, -0.15) is 0 Å². The van der Waals surface area contributed by atoms with Crippen LogP contribution in [0.2, 0.25) is 0 Å². The molecule has 120 valence electrons. The summed E-state index contributed by atoms with van der Waals surface area (Å²) in [6, 6.07) is 7.87. The molecule has 0 bridgehead atoms. The Bertz CT molecular complexity index is 528. The number of likely N-dealkylation sites (tertiary alicyclic amines) is 1. The van der Waals surface area contributed by atoms with Gasteiger partial charge in [0.2, 0.25) is 0 Å². The molecule has 0 aliphatic carbocycles. The Morgan fingerprint density at radius 2 is 2.09 bits per heavy atom. The van der Waals surface area contributed by atoms with Crippen LogP contribution in [0.25, 0.3) is 0 Å². The monoisotopic (exact) mass is 302 g/mol. The van der Waals surface area contributed by atoms with Gasteiger partial charge in [-0.25, -0.2) is 0 Å². The van der Waals surface area contributed by atoms with Crippen molar-refractivity contribution >= 4 is 5.91 Å². The molecule has 0 saturated carbocycles. The second-order valence-electron chi connectivity index (χ2n) is 6.83. The maximum absolute atomic E-state index is 12.6.